The molecule has 1 heterocycles. The summed E-state index contributed by atoms with van der Waals surface area (Å²) < 4.78 is 4.89. The first-order chi connectivity index (χ1) is 5.43. The smallest absolute Gasteiger partial charge is 0.132 e. The predicted molar refractivity (Wildman–Crippen MR) is 40.0 cm³/mol. The zero-order chi connectivity index (χ0) is 7.94. The number of aromatic nitrogens is 3. The average molecular weight is 153 g/mol. The molecule has 1 aromatic heterocycles. The summed E-state index contributed by atoms with van der Waals surface area (Å²) in [6.45, 7) is 0.756. The van der Waals surface area contributed by atoms with Crippen LogP contribution in [0, 0.1) is 0 Å². The number of hydrogen-bond donors (Lipinski definition) is 0. The van der Waals surface area contributed by atoms with Crippen LogP contribution in [0.5, 0.6) is 0 Å². The summed E-state index contributed by atoms with van der Waals surface area (Å²) in [4.78, 5) is 11.7. The molecular formula is C7H11N3O. The summed E-state index contributed by atoms with van der Waals surface area (Å²) in [6.07, 6.45) is 4.83. The molecule has 0 radical (unpaired) electrons. The zero-order valence-electron chi connectivity index (χ0n) is 6.53. The van der Waals surface area contributed by atoms with E-state index in [9.17, 15) is 0 Å². The molecule has 0 N–H and O–H groups in total. The summed E-state index contributed by atoms with van der Waals surface area (Å²) in [5, 5.41) is 0. The van der Waals surface area contributed by atoms with Crippen molar-refractivity contribution in [1.82, 2.24) is 15.0 Å². The Hall–Kier alpha value is -1.03. The van der Waals surface area contributed by atoms with E-state index in [0.29, 0.717) is 0 Å². The predicted octanol–water partition coefficient (Wildman–Crippen LogP) is 0.451. The van der Waals surface area contributed by atoms with Gasteiger partial charge < -0.3 is 4.74 Å². The van der Waals surface area contributed by atoms with Crippen molar-refractivity contribution < 1.29 is 4.74 Å². The van der Waals surface area contributed by atoms with Crippen molar-refractivity contribution in [2.75, 3.05) is 13.7 Å². The average Bonchev–Trinajstić information content (AvgIpc) is 2.07. The maximum atomic E-state index is 4.89. The van der Waals surface area contributed by atoms with Gasteiger partial charge in [0.15, 0.2) is 0 Å². The molecule has 0 aliphatic rings. The number of aryl methyl sites for hydroxylation is 1. The maximum absolute atomic E-state index is 4.89. The molecule has 11 heavy (non-hydrogen) atoms. The van der Waals surface area contributed by atoms with Crippen LogP contribution in [0.25, 0.3) is 0 Å². The van der Waals surface area contributed by atoms with Crippen LogP contribution in [-0.2, 0) is 11.2 Å². The van der Waals surface area contributed by atoms with E-state index in [2.05, 4.69) is 15.0 Å². The maximum Gasteiger partial charge on any atom is 0.132 e. The van der Waals surface area contributed by atoms with Crippen molar-refractivity contribution in [3.63, 3.8) is 0 Å². The summed E-state index contributed by atoms with van der Waals surface area (Å²) in [6, 6.07) is 0. The van der Waals surface area contributed by atoms with Crippen molar-refractivity contribution >= 4 is 0 Å². The molecule has 0 amide bonds. The first-order valence-electron chi connectivity index (χ1n) is 3.53. The van der Waals surface area contributed by atoms with Crippen LogP contribution >= 0.6 is 0 Å². The van der Waals surface area contributed by atoms with E-state index in [1.165, 1.54) is 12.7 Å². The molecule has 0 bridgehead atoms. The van der Waals surface area contributed by atoms with Crippen LogP contribution in [-0.4, -0.2) is 28.7 Å². The lowest BCUT2D eigenvalue weighted by molar-refractivity contribution is 0.194. The molecule has 60 valence electrons. The summed E-state index contributed by atoms with van der Waals surface area (Å²) in [7, 11) is 1.69. The standard InChI is InChI=1S/C7H11N3O/c1-11-4-2-3-7-9-5-8-6-10-7/h5-6H,2-4H2,1H3. The van der Waals surface area contributed by atoms with Gasteiger partial charge in [-0.1, -0.05) is 0 Å². The summed E-state index contributed by atoms with van der Waals surface area (Å²) in [5.41, 5.74) is 0. The lowest BCUT2D eigenvalue weighted by Gasteiger charge is -1.96. The Morgan fingerprint density at radius 3 is 2.73 bits per heavy atom. The van der Waals surface area contributed by atoms with Gasteiger partial charge >= 0.3 is 0 Å². The molecule has 4 nitrogen and oxygen atoms in total. The van der Waals surface area contributed by atoms with Crippen LogP contribution in [0.3, 0.4) is 0 Å². The number of ether oxygens (including phenoxy) is 1. The summed E-state index contributed by atoms with van der Waals surface area (Å²) >= 11 is 0. The minimum Gasteiger partial charge on any atom is -0.385 e. The molecule has 1 aromatic rings. The second kappa shape index (κ2) is 4.73. The molecule has 0 aromatic carbocycles. The van der Waals surface area contributed by atoms with Gasteiger partial charge in [0.05, 0.1) is 0 Å². The van der Waals surface area contributed by atoms with Crippen LogP contribution < -0.4 is 0 Å². The minimum atomic E-state index is 0.756. The van der Waals surface area contributed by atoms with E-state index >= 15 is 0 Å². The Morgan fingerprint density at radius 2 is 2.09 bits per heavy atom. The van der Waals surface area contributed by atoms with Gasteiger partial charge in [0.25, 0.3) is 0 Å². The van der Waals surface area contributed by atoms with Crippen molar-refractivity contribution in [2.24, 2.45) is 0 Å². The zero-order valence-corrected chi connectivity index (χ0v) is 6.53. The third-order valence-corrected chi connectivity index (χ3v) is 1.30. The Balaban J connectivity index is 2.28. The first-order valence-corrected chi connectivity index (χ1v) is 3.53. The monoisotopic (exact) mass is 153 g/mol. The Bertz CT molecular complexity index is 190. The molecule has 0 spiro atoms. The second-order valence-electron chi connectivity index (χ2n) is 2.15. The largest absolute Gasteiger partial charge is 0.385 e. The number of hydrogen-bond acceptors (Lipinski definition) is 4. The number of nitrogens with zero attached hydrogens (tertiary/aromatic N) is 3. The van der Waals surface area contributed by atoms with E-state index in [-0.39, 0.29) is 0 Å². The molecule has 0 atom stereocenters. The van der Waals surface area contributed by atoms with E-state index in [0.717, 1.165) is 25.3 Å². The van der Waals surface area contributed by atoms with Gasteiger partial charge in [0.2, 0.25) is 0 Å². The Morgan fingerprint density at radius 1 is 1.36 bits per heavy atom. The van der Waals surface area contributed by atoms with Crippen LogP contribution in [0.4, 0.5) is 0 Å². The Labute approximate surface area is 65.7 Å². The highest BCUT2D eigenvalue weighted by Gasteiger charge is 1.93. The normalized spacial score (nSPS) is 9.91. The van der Waals surface area contributed by atoms with Crippen molar-refractivity contribution in [2.45, 2.75) is 12.8 Å². The lowest BCUT2D eigenvalue weighted by Crippen LogP contribution is -1.97. The molecule has 1 rings (SSSR count). The van der Waals surface area contributed by atoms with Crippen LogP contribution in [0.15, 0.2) is 12.7 Å². The highest BCUT2D eigenvalue weighted by Crippen LogP contribution is 1.92. The van der Waals surface area contributed by atoms with E-state index in [4.69, 9.17) is 4.74 Å². The highest BCUT2D eigenvalue weighted by atomic mass is 16.5. The van der Waals surface area contributed by atoms with E-state index in [1.807, 2.05) is 0 Å². The third-order valence-electron chi connectivity index (χ3n) is 1.30. The molecule has 0 fully saturated rings. The van der Waals surface area contributed by atoms with Crippen molar-refractivity contribution in [1.29, 1.82) is 0 Å². The van der Waals surface area contributed by atoms with Gasteiger partial charge in [-0.25, -0.2) is 15.0 Å². The molecule has 4 heteroatoms. The number of rotatable bonds is 4. The van der Waals surface area contributed by atoms with Crippen LogP contribution in [0.2, 0.25) is 0 Å². The van der Waals surface area contributed by atoms with Gasteiger partial charge in [-0.15, -0.1) is 0 Å². The fraction of sp³-hybridized carbons (Fsp3) is 0.571. The fourth-order valence-corrected chi connectivity index (χ4v) is 0.767. The van der Waals surface area contributed by atoms with Crippen molar-refractivity contribution in [3.05, 3.63) is 18.5 Å². The lowest BCUT2D eigenvalue weighted by atomic mass is 10.3. The molecule has 0 aliphatic heterocycles. The van der Waals surface area contributed by atoms with Gasteiger partial charge in [-0.05, 0) is 6.42 Å². The van der Waals surface area contributed by atoms with E-state index < -0.39 is 0 Å². The second-order valence-corrected chi connectivity index (χ2v) is 2.15. The molecule has 0 saturated carbocycles. The fourth-order valence-electron chi connectivity index (χ4n) is 0.767. The van der Waals surface area contributed by atoms with Crippen LogP contribution in [0.1, 0.15) is 12.2 Å². The first kappa shape index (κ1) is 8.07. The number of methoxy groups -OCH3 is 1. The molecular weight excluding hydrogens is 142 g/mol. The van der Waals surface area contributed by atoms with Gasteiger partial charge in [-0.2, -0.15) is 0 Å². The molecule has 0 aliphatic carbocycles. The quantitative estimate of drug-likeness (QED) is 0.589. The van der Waals surface area contributed by atoms with E-state index in [1.54, 1.807) is 7.11 Å². The molecule has 0 saturated heterocycles. The van der Waals surface area contributed by atoms with Gasteiger partial charge in [0, 0.05) is 20.1 Å². The summed E-state index contributed by atoms with van der Waals surface area (Å²) in [5.74, 6) is 0.831. The highest BCUT2D eigenvalue weighted by molar-refractivity contribution is 4.80. The Kier molecular flexibility index (Phi) is 3.47. The SMILES string of the molecule is COCCCc1ncncn1. The molecule has 0 unspecified atom stereocenters. The third kappa shape index (κ3) is 3.04. The van der Waals surface area contributed by atoms with Gasteiger partial charge in [0.1, 0.15) is 18.5 Å². The topological polar surface area (TPSA) is 47.9 Å². The minimum absolute atomic E-state index is 0.756. The van der Waals surface area contributed by atoms with Crippen molar-refractivity contribution in [3.8, 4) is 0 Å². The van der Waals surface area contributed by atoms with Gasteiger partial charge in [-0.3, -0.25) is 0 Å².